The second-order valence-corrected chi connectivity index (χ2v) is 9.77. The molecule has 3 N–H and O–H groups in total. The lowest BCUT2D eigenvalue weighted by atomic mass is 9.93. The minimum atomic E-state index is -1.43. The number of esters is 1. The Morgan fingerprint density at radius 3 is 2.29 bits per heavy atom. The summed E-state index contributed by atoms with van der Waals surface area (Å²) in [5.41, 5.74) is 0.281. The molecule has 2 aromatic carbocycles. The van der Waals surface area contributed by atoms with Crippen molar-refractivity contribution in [1.29, 1.82) is 0 Å². The van der Waals surface area contributed by atoms with E-state index in [1.807, 2.05) is 4.90 Å². The molecule has 4 amide bonds. The summed E-state index contributed by atoms with van der Waals surface area (Å²) >= 11 is 0. The van der Waals surface area contributed by atoms with E-state index in [-0.39, 0.29) is 36.0 Å². The number of nitrogens with zero attached hydrogens (tertiary/aromatic N) is 2. The number of halogens is 4. The summed E-state index contributed by atoms with van der Waals surface area (Å²) in [5.74, 6) is -4.55. The van der Waals surface area contributed by atoms with Crippen LogP contribution in [0.2, 0.25) is 0 Å². The van der Waals surface area contributed by atoms with E-state index in [0.29, 0.717) is 43.1 Å². The Bertz CT molecular complexity index is 1350. The third-order valence-electron chi connectivity index (χ3n) is 7.05. The highest BCUT2D eigenvalue weighted by Gasteiger charge is 2.43. The lowest BCUT2D eigenvalue weighted by molar-refractivity contribution is -0.137. The van der Waals surface area contributed by atoms with Gasteiger partial charge in [0, 0.05) is 51.1 Å². The van der Waals surface area contributed by atoms with Crippen LogP contribution in [-0.2, 0) is 14.3 Å². The van der Waals surface area contributed by atoms with Crippen molar-refractivity contribution < 1.29 is 41.4 Å². The zero-order valence-corrected chi connectivity index (χ0v) is 23.0. The molecule has 1 unspecified atom stereocenters. The molecule has 4 rings (SSSR count). The fourth-order valence-electron chi connectivity index (χ4n) is 5.07. The Morgan fingerprint density at radius 1 is 0.976 bits per heavy atom. The highest BCUT2D eigenvalue weighted by Crippen LogP contribution is 2.35. The van der Waals surface area contributed by atoms with Crippen LogP contribution < -0.4 is 20.9 Å². The highest BCUT2D eigenvalue weighted by molar-refractivity contribution is 6.01. The zero-order valence-electron chi connectivity index (χ0n) is 23.0. The van der Waals surface area contributed by atoms with Crippen molar-refractivity contribution in [2.75, 3.05) is 51.9 Å². The highest BCUT2D eigenvalue weighted by atomic mass is 19.2. The Morgan fingerprint density at radius 2 is 1.67 bits per heavy atom. The van der Waals surface area contributed by atoms with Gasteiger partial charge in [0.05, 0.1) is 25.0 Å². The third-order valence-corrected chi connectivity index (χ3v) is 7.05. The molecule has 0 radical (unpaired) electrons. The normalized spacial score (nSPS) is 17.8. The number of piperidine rings is 1. The molecule has 0 bridgehead atoms. The van der Waals surface area contributed by atoms with Crippen LogP contribution in [0.5, 0.6) is 0 Å². The van der Waals surface area contributed by atoms with E-state index in [1.54, 1.807) is 0 Å². The molecule has 0 aromatic heterocycles. The average Bonchev–Trinajstić information content (AvgIpc) is 2.96. The van der Waals surface area contributed by atoms with Crippen molar-refractivity contribution in [3.63, 3.8) is 0 Å². The molecule has 2 heterocycles. The molecule has 2 aliphatic heterocycles. The summed E-state index contributed by atoms with van der Waals surface area (Å²) in [6.45, 7) is 1.34. The smallest absolute Gasteiger partial charge is 0.338 e. The van der Waals surface area contributed by atoms with Crippen LogP contribution in [0.4, 0.5) is 32.8 Å². The van der Waals surface area contributed by atoms with Gasteiger partial charge in [0.15, 0.2) is 11.6 Å². The van der Waals surface area contributed by atoms with Gasteiger partial charge < -0.3 is 30.3 Å². The second kappa shape index (κ2) is 13.7. The van der Waals surface area contributed by atoms with Gasteiger partial charge >= 0.3 is 18.0 Å². The van der Waals surface area contributed by atoms with Crippen molar-refractivity contribution >= 4 is 23.7 Å². The maximum absolute atomic E-state index is 14.2. The number of carbonyl (C=O) groups is 3. The lowest BCUT2D eigenvalue weighted by Crippen LogP contribution is -2.56. The topological polar surface area (TPSA) is 112 Å². The van der Waals surface area contributed by atoms with Gasteiger partial charge in [-0.15, -0.1) is 0 Å². The van der Waals surface area contributed by atoms with Gasteiger partial charge in [-0.2, -0.15) is 0 Å². The number of amides is 4. The number of carbonyl (C=O) groups excluding carboxylic acids is 3. The molecule has 0 saturated carbocycles. The maximum atomic E-state index is 14.2. The fraction of sp³-hybridized carbons (Fsp3) is 0.393. The molecule has 10 nitrogen and oxygen atoms in total. The lowest BCUT2D eigenvalue weighted by Gasteiger charge is -2.37. The van der Waals surface area contributed by atoms with Crippen molar-refractivity contribution in [3.8, 4) is 0 Å². The summed E-state index contributed by atoms with van der Waals surface area (Å²) < 4.78 is 65.0. The molecule has 0 aliphatic carbocycles. The van der Waals surface area contributed by atoms with E-state index >= 15 is 0 Å². The van der Waals surface area contributed by atoms with Crippen LogP contribution in [0.25, 0.3) is 0 Å². The average molecular weight is 594 g/mol. The summed E-state index contributed by atoms with van der Waals surface area (Å²) in [6, 6.07) is 3.06. The number of hydrogen-bond donors (Lipinski definition) is 3. The van der Waals surface area contributed by atoms with Crippen LogP contribution >= 0.6 is 0 Å². The third kappa shape index (κ3) is 6.99. The first kappa shape index (κ1) is 30.8. The Kier molecular flexibility index (Phi) is 10.0. The number of anilines is 1. The molecule has 1 atom stereocenters. The Labute approximate surface area is 239 Å². The minimum Gasteiger partial charge on any atom is -0.466 e. The molecule has 2 aliphatic rings. The number of benzene rings is 2. The first-order valence-corrected chi connectivity index (χ1v) is 13.2. The number of ether oxygens (including phenoxy) is 2. The largest absolute Gasteiger partial charge is 0.466 e. The van der Waals surface area contributed by atoms with Crippen LogP contribution in [0.15, 0.2) is 47.7 Å². The van der Waals surface area contributed by atoms with Gasteiger partial charge in [-0.3, -0.25) is 0 Å². The first-order valence-electron chi connectivity index (χ1n) is 13.2. The molecular formula is C28H31F4N5O5. The second-order valence-electron chi connectivity index (χ2n) is 9.77. The summed E-state index contributed by atoms with van der Waals surface area (Å²) in [7, 11) is 2.44. The molecule has 0 spiro atoms. The van der Waals surface area contributed by atoms with Gasteiger partial charge in [0.2, 0.25) is 0 Å². The molecule has 2 aromatic rings. The van der Waals surface area contributed by atoms with Crippen molar-refractivity contribution in [1.82, 2.24) is 20.9 Å². The predicted octanol–water partition coefficient (Wildman–Crippen LogP) is 3.35. The van der Waals surface area contributed by atoms with Crippen molar-refractivity contribution in [2.45, 2.75) is 24.9 Å². The van der Waals surface area contributed by atoms with E-state index in [0.717, 1.165) is 25.3 Å². The summed E-state index contributed by atoms with van der Waals surface area (Å²) in [4.78, 5) is 41.7. The van der Waals surface area contributed by atoms with Gasteiger partial charge in [0.25, 0.3) is 0 Å². The first-order chi connectivity index (χ1) is 20.1. The van der Waals surface area contributed by atoms with Gasteiger partial charge in [-0.05, 0) is 42.7 Å². The number of imide groups is 1. The van der Waals surface area contributed by atoms with E-state index < -0.39 is 47.3 Å². The number of rotatable bonds is 9. The van der Waals surface area contributed by atoms with Crippen LogP contribution in [0, 0.1) is 23.3 Å². The van der Waals surface area contributed by atoms with Gasteiger partial charge in [-0.1, -0.05) is 6.07 Å². The van der Waals surface area contributed by atoms with Crippen LogP contribution in [-0.4, -0.2) is 76.0 Å². The number of hydrogen-bond acceptors (Lipinski definition) is 7. The molecule has 14 heteroatoms. The SMILES string of the molecule is COCC1=C(C(=O)OC)C(c2ccc(F)c(F)c2)N(C(=O)NCCNC2CCN(c3cc(F)cc(F)c3)CC2)C(=O)N1. The van der Waals surface area contributed by atoms with Gasteiger partial charge in [0.1, 0.15) is 17.7 Å². The van der Waals surface area contributed by atoms with E-state index in [9.17, 15) is 31.9 Å². The van der Waals surface area contributed by atoms with Gasteiger partial charge in [-0.25, -0.2) is 36.8 Å². The predicted molar refractivity (Wildman–Crippen MR) is 143 cm³/mol. The fourth-order valence-corrected chi connectivity index (χ4v) is 5.07. The standard InChI is InChI=1S/C28H31F4N5O5/c1-41-15-23-24(26(38)42-2)25(16-3-4-21(31)22(32)11-16)37(28(40)35-23)27(39)34-8-7-33-19-5-9-36(10-6-19)20-13-17(29)12-18(30)14-20/h3-4,11-14,19,25,33H,5-10,15H2,1-2H3,(H,34,39)(H,35,40). The van der Waals surface area contributed by atoms with E-state index in [1.165, 1.54) is 25.3 Å². The van der Waals surface area contributed by atoms with Crippen molar-refractivity contribution in [3.05, 3.63) is 76.5 Å². The quantitative estimate of drug-likeness (QED) is 0.232. The van der Waals surface area contributed by atoms with Crippen LogP contribution in [0.3, 0.4) is 0 Å². The Hall–Kier alpha value is -4.17. The molecule has 226 valence electrons. The van der Waals surface area contributed by atoms with E-state index in [4.69, 9.17) is 9.47 Å². The molecular weight excluding hydrogens is 562 g/mol. The Balaban J connectivity index is 1.41. The number of urea groups is 2. The summed E-state index contributed by atoms with van der Waals surface area (Å²) in [6.07, 6.45) is 1.38. The molecule has 1 saturated heterocycles. The van der Waals surface area contributed by atoms with E-state index in [2.05, 4.69) is 16.0 Å². The van der Waals surface area contributed by atoms with Crippen LogP contribution in [0.1, 0.15) is 24.4 Å². The maximum Gasteiger partial charge on any atom is 0.338 e. The zero-order chi connectivity index (χ0) is 30.4. The van der Waals surface area contributed by atoms with Crippen molar-refractivity contribution in [2.24, 2.45) is 0 Å². The number of methoxy groups -OCH3 is 2. The summed E-state index contributed by atoms with van der Waals surface area (Å²) in [5, 5.41) is 8.37. The monoisotopic (exact) mass is 593 g/mol. The molecule has 1 fully saturated rings. The minimum absolute atomic E-state index is 0.0159. The molecule has 42 heavy (non-hydrogen) atoms. The number of nitrogens with one attached hydrogen (secondary N) is 3.